The first-order valence-electron chi connectivity index (χ1n) is 5.77. The summed E-state index contributed by atoms with van der Waals surface area (Å²) in [5.41, 5.74) is 0. The zero-order valence-corrected chi connectivity index (χ0v) is 12.2. The average molecular weight is 275 g/mol. The molecule has 0 aliphatic rings. The van der Waals surface area contributed by atoms with E-state index in [1.54, 1.807) is 11.3 Å². The van der Waals surface area contributed by atoms with Gasteiger partial charge >= 0.3 is 0 Å². The lowest BCUT2D eigenvalue weighted by Gasteiger charge is -2.23. The fourth-order valence-corrected chi connectivity index (χ4v) is 3.09. The Morgan fingerprint density at radius 1 is 1.53 bits per heavy atom. The summed E-state index contributed by atoms with van der Waals surface area (Å²) in [6.45, 7) is 6.03. The summed E-state index contributed by atoms with van der Waals surface area (Å²) < 4.78 is 15.0. The summed E-state index contributed by atoms with van der Waals surface area (Å²) >= 11 is 1.66. The SMILES string of the molecule is CC(C)(C)[S@](=O)N[C@H](CCCO)c1cccs1. The van der Waals surface area contributed by atoms with Crippen LogP contribution in [0.15, 0.2) is 17.5 Å². The molecule has 0 amide bonds. The third-order valence-corrected chi connectivity index (χ3v) is 4.94. The molecule has 0 spiro atoms. The maximum absolute atomic E-state index is 12.1. The van der Waals surface area contributed by atoms with E-state index in [0.717, 1.165) is 12.8 Å². The molecule has 0 bridgehead atoms. The van der Waals surface area contributed by atoms with E-state index in [0.29, 0.717) is 0 Å². The maximum atomic E-state index is 12.1. The Morgan fingerprint density at radius 3 is 2.71 bits per heavy atom. The lowest BCUT2D eigenvalue weighted by Crippen LogP contribution is -2.35. The first-order valence-corrected chi connectivity index (χ1v) is 7.80. The van der Waals surface area contributed by atoms with Crippen molar-refractivity contribution < 1.29 is 9.32 Å². The van der Waals surface area contributed by atoms with E-state index >= 15 is 0 Å². The molecule has 0 fully saturated rings. The summed E-state index contributed by atoms with van der Waals surface area (Å²) in [4.78, 5) is 1.18. The highest BCUT2D eigenvalue weighted by Gasteiger charge is 2.23. The summed E-state index contributed by atoms with van der Waals surface area (Å²) in [6.07, 6.45) is 1.52. The van der Waals surface area contributed by atoms with E-state index < -0.39 is 11.0 Å². The number of hydrogen-bond acceptors (Lipinski definition) is 3. The molecule has 1 heterocycles. The fraction of sp³-hybridized carbons (Fsp3) is 0.667. The van der Waals surface area contributed by atoms with E-state index in [-0.39, 0.29) is 17.4 Å². The first kappa shape index (κ1) is 14.8. The number of aliphatic hydroxyl groups is 1. The van der Waals surface area contributed by atoms with Gasteiger partial charge in [0.2, 0.25) is 0 Å². The van der Waals surface area contributed by atoms with Gasteiger partial charge in [-0.05, 0) is 45.1 Å². The average Bonchev–Trinajstić information content (AvgIpc) is 2.75. The minimum Gasteiger partial charge on any atom is -0.396 e. The molecule has 17 heavy (non-hydrogen) atoms. The van der Waals surface area contributed by atoms with Gasteiger partial charge in [-0.15, -0.1) is 11.3 Å². The molecular formula is C12H21NO2S2. The standard InChI is InChI=1S/C12H21NO2S2/c1-12(2,3)17(15)13-10(6-4-8-14)11-7-5-9-16-11/h5,7,9-10,13-14H,4,6,8H2,1-3H3/t10-,17+/m1/s1. The minimum absolute atomic E-state index is 0.0715. The summed E-state index contributed by atoms with van der Waals surface area (Å²) in [5, 5.41) is 10.9. The normalized spacial score (nSPS) is 15.8. The quantitative estimate of drug-likeness (QED) is 0.838. The van der Waals surface area contributed by atoms with Crippen LogP contribution >= 0.6 is 11.3 Å². The molecule has 0 saturated carbocycles. The predicted molar refractivity (Wildman–Crippen MR) is 74.4 cm³/mol. The van der Waals surface area contributed by atoms with Crippen LogP contribution in [0.3, 0.4) is 0 Å². The molecule has 0 saturated heterocycles. The molecule has 5 heteroatoms. The second-order valence-electron chi connectivity index (χ2n) is 4.93. The third kappa shape index (κ3) is 4.87. The molecule has 1 aromatic rings. The summed E-state index contributed by atoms with van der Waals surface area (Å²) in [7, 11) is -1.08. The Kier molecular flexibility index (Phi) is 5.79. The highest BCUT2D eigenvalue weighted by Crippen LogP contribution is 2.25. The molecule has 0 aliphatic heterocycles. The Bertz CT molecular complexity index is 344. The Morgan fingerprint density at radius 2 is 2.24 bits per heavy atom. The minimum atomic E-state index is -1.08. The highest BCUT2D eigenvalue weighted by atomic mass is 32.2. The van der Waals surface area contributed by atoms with Crippen LogP contribution in [0.4, 0.5) is 0 Å². The Labute approximate surface area is 110 Å². The van der Waals surface area contributed by atoms with E-state index in [1.807, 2.05) is 38.3 Å². The van der Waals surface area contributed by atoms with Crippen LogP contribution in [0, 0.1) is 0 Å². The van der Waals surface area contributed by atoms with Crippen LogP contribution in [-0.2, 0) is 11.0 Å². The fourth-order valence-electron chi connectivity index (χ4n) is 1.35. The predicted octanol–water partition coefficient (Wildman–Crippen LogP) is 2.61. The first-order chi connectivity index (χ1) is 7.95. The molecule has 0 aromatic carbocycles. The number of aliphatic hydroxyl groups excluding tert-OH is 1. The number of rotatable bonds is 6. The molecule has 98 valence electrons. The van der Waals surface area contributed by atoms with Gasteiger partial charge in [-0.1, -0.05) is 6.07 Å². The summed E-state index contributed by atoms with van der Waals surface area (Å²) in [6, 6.07) is 4.11. The third-order valence-electron chi connectivity index (χ3n) is 2.34. The topological polar surface area (TPSA) is 49.3 Å². The molecule has 3 nitrogen and oxygen atoms in total. The smallest absolute Gasteiger partial charge is 0.0976 e. The second kappa shape index (κ2) is 6.64. The molecule has 1 aromatic heterocycles. The lowest BCUT2D eigenvalue weighted by atomic mass is 10.1. The van der Waals surface area contributed by atoms with Crippen molar-refractivity contribution in [1.82, 2.24) is 4.72 Å². The van der Waals surface area contributed by atoms with Crippen molar-refractivity contribution in [1.29, 1.82) is 0 Å². The lowest BCUT2D eigenvalue weighted by molar-refractivity contribution is 0.278. The van der Waals surface area contributed by atoms with E-state index in [4.69, 9.17) is 5.11 Å². The van der Waals surface area contributed by atoms with Crippen LogP contribution in [0.5, 0.6) is 0 Å². The van der Waals surface area contributed by atoms with Crippen LogP contribution in [0.1, 0.15) is 44.5 Å². The van der Waals surface area contributed by atoms with E-state index in [1.165, 1.54) is 4.88 Å². The van der Waals surface area contributed by atoms with Crippen LogP contribution in [0.2, 0.25) is 0 Å². The zero-order chi connectivity index (χ0) is 12.9. The van der Waals surface area contributed by atoms with Crippen LogP contribution in [-0.4, -0.2) is 20.7 Å². The molecule has 0 aliphatic carbocycles. The van der Waals surface area contributed by atoms with Gasteiger partial charge in [0.1, 0.15) is 0 Å². The molecule has 0 radical (unpaired) electrons. The van der Waals surface area contributed by atoms with Crippen molar-refractivity contribution in [3.8, 4) is 0 Å². The van der Waals surface area contributed by atoms with Gasteiger partial charge < -0.3 is 5.11 Å². The van der Waals surface area contributed by atoms with Gasteiger partial charge in [-0.25, -0.2) is 8.93 Å². The monoisotopic (exact) mass is 275 g/mol. The van der Waals surface area contributed by atoms with Crippen LogP contribution < -0.4 is 4.72 Å². The second-order valence-corrected chi connectivity index (χ2v) is 7.91. The van der Waals surface area contributed by atoms with Gasteiger partial charge in [-0.2, -0.15) is 0 Å². The van der Waals surface area contributed by atoms with Gasteiger partial charge in [-0.3, -0.25) is 0 Å². The van der Waals surface area contributed by atoms with Crippen molar-refractivity contribution in [2.24, 2.45) is 0 Å². The van der Waals surface area contributed by atoms with Gasteiger partial charge in [0.15, 0.2) is 0 Å². The van der Waals surface area contributed by atoms with Crippen molar-refractivity contribution >= 4 is 22.3 Å². The largest absolute Gasteiger partial charge is 0.396 e. The van der Waals surface area contributed by atoms with Gasteiger partial charge in [0.05, 0.1) is 21.8 Å². The molecule has 2 atom stereocenters. The van der Waals surface area contributed by atoms with E-state index in [2.05, 4.69) is 4.72 Å². The van der Waals surface area contributed by atoms with Crippen molar-refractivity contribution in [3.63, 3.8) is 0 Å². The maximum Gasteiger partial charge on any atom is 0.0976 e. The Balaban J connectivity index is 2.68. The number of hydrogen-bond donors (Lipinski definition) is 2. The van der Waals surface area contributed by atoms with Crippen LogP contribution in [0.25, 0.3) is 0 Å². The van der Waals surface area contributed by atoms with Crippen molar-refractivity contribution in [3.05, 3.63) is 22.4 Å². The van der Waals surface area contributed by atoms with E-state index in [9.17, 15) is 4.21 Å². The molecule has 0 unspecified atom stereocenters. The number of nitrogens with one attached hydrogen (secondary N) is 1. The van der Waals surface area contributed by atoms with Crippen molar-refractivity contribution in [2.75, 3.05) is 6.61 Å². The number of thiophene rings is 1. The molecule has 2 N–H and O–H groups in total. The molecular weight excluding hydrogens is 254 g/mol. The summed E-state index contributed by atoms with van der Waals surface area (Å²) in [5.74, 6) is 0. The molecule has 1 rings (SSSR count). The highest BCUT2D eigenvalue weighted by molar-refractivity contribution is 7.84. The van der Waals surface area contributed by atoms with Gasteiger partial charge in [0, 0.05) is 11.5 Å². The Hall–Kier alpha value is -0.230. The zero-order valence-electron chi connectivity index (χ0n) is 10.6. The van der Waals surface area contributed by atoms with Gasteiger partial charge in [0.25, 0.3) is 0 Å². The van der Waals surface area contributed by atoms with Crippen molar-refractivity contribution in [2.45, 2.75) is 44.4 Å².